The van der Waals surface area contributed by atoms with Crippen molar-refractivity contribution < 1.29 is 14.8 Å². The number of hydrogen-bond donors (Lipinski definition) is 3. The van der Waals surface area contributed by atoms with Gasteiger partial charge in [0.25, 0.3) is 0 Å². The summed E-state index contributed by atoms with van der Waals surface area (Å²) in [5.74, 6) is 0. The van der Waals surface area contributed by atoms with Gasteiger partial charge in [-0.15, -0.1) is 0 Å². The van der Waals surface area contributed by atoms with Crippen LogP contribution in [0.5, 0.6) is 0 Å². The van der Waals surface area contributed by atoms with E-state index in [4.69, 9.17) is 16.3 Å². The molecule has 0 fully saturated rings. The fourth-order valence-electron chi connectivity index (χ4n) is 1.75. The van der Waals surface area contributed by atoms with E-state index in [0.717, 1.165) is 5.56 Å². The molecule has 0 amide bonds. The van der Waals surface area contributed by atoms with Crippen molar-refractivity contribution in [2.75, 3.05) is 0 Å². The largest absolute Gasteiger partial charge is 0.493 e. The van der Waals surface area contributed by atoms with Crippen molar-refractivity contribution in [1.29, 1.82) is 0 Å². The first-order chi connectivity index (χ1) is 10.2. The minimum atomic E-state index is -1.21. The maximum Gasteiger partial charge on any atom is 0.493 e. The summed E-state index contributed by atoms with van der Waals surface area (Å²) in [5.41, 5.74) is -0.542. The van der Waals surface area contributed by atoms with Crippen LogP contribution in [-0.2, 0) is 11.2 Å². The summed E-state index contributed by atoms with van der Waals surface area (Å²) in [6, 6.07) is 5.49. The number of aliphatic hydroxyl groups is 1. The fraction of sp³-hybridized carbons (Fsp3) is 0.647. The highest BCUT2D eigenvalue weighted by atomic mass is 35.5. The van der Waals surface area contributed by atoms with Crippen molar-refractivity contribution in [1.82, 2.24) is 5.32 Å². The van der Waals surface area contributed by atoms with Crippen molar-refractivity contribution >= 4 is 24.2 Å². The molecule has 0 spiro atoms. The van der Waals surface area contributed by atoms with Gasteiger partial charge in [0.05, 0.1) is 11.2 Å². The van der Waals surface area contributed by atoms with Crippen LogP contribution in [0.1, 0.15) is 54.0 Å². The molecule has 0 bridgehead atoms. The quantitative estimate of drug-likeness (QED) is 0.696. The molecule has 0 heterocycles. The van der Waals surface area contributed by atoms with E-state index in [1.165, 1.54) is 0 Å². The van der Waals surface area contributed by atoms with Crippen LogP contribution in [-0.4, -0.2) is 34.0 Å². The molecule has 0 aliphatic carbocycles. The third kappa shape index (κ3) is 6.09. The molecular weight excluding hydrogens is 312 g/mol. The van der Waals surface area contributed by atoms with Crippen molar-refractivity contribution in [2.45, 2.75) is 71.8 Å². The normalized spacial score (nSPS) is 13.3. The Balaban J connectivity index is 2.94. The van der Waals surface area contributed by atoms with Crippen LogP contribution in [0.4, 0.5) is 0 Å². The smallest absolute Gasteiger partial charge is 0.423 e. The Morgan fingerprint density at radius 3 is 2.17 bits per heavy atom. The molecule has 0 atom stereocenters. The molecule has 4 nitrogen and oxygen atoms in total. The topological polar surface area (TPSA) is 61.7 Å². The van der Waals surface area contributed by atoms with Crippen molar-refractivity contribution in [3.05, 3.63) is 28.8 Å². The Morgan fingerprint density at radius 2 is 1.70 bits per heavy atom. The first kappa shape index (κ1) is 20.5. The van der Waals surface area contributed by atoms with Gasteiger partial charge in [-0.05, 0) is 60.1 Å². The molecule has 130 valence electrons. The van der Waals surface area contributed by atoms with E-state index >= 15 is 0 Å². The van der Waals surface area contributed by atoms with E-state index in [1.54, 1.807) is 33.8 Å². The molecule has 0 aliphatic heterocycles. The minimum absolute atomic E-state index is 0.00216. The van der Waals surface area contributed by atoms with Gasteiger partial charge >= 0.3 is 7.12 Å². The number of nitrogens with one attached hydrogen (secondary N) is 1. The Kier molecular flexibility index (Phi) is 6.33. The highest BCUT2D eigenvalue weighted by molar-refractivity contribution is 6.64. The van der Waals surface area contributed by atoms with Gasteiger partial charge < -0.3 is 20.1 Å². The van der Waals surface area contributed by atoms with E-state index in [0.29, 0.717) is 17.0 Å². The molecule has 0 radical (unpaired) electrons. The highest BCUT2D eigenvalue weighted by Crippen LogP contribution is 2.25. The maximum atomic E-state index is 10.4. The molecule has 3 N–H and O–H groups in total. The van der Waals surface area contributed by atoms with Crippen LogP contribution in [0.2, 0.25) is 5.02 Å². The lowest BCUT2D eigenvalue weighted by molar-refractivity contribution is -0.0982. The Labute approximate surface area is 145 Å². The van der Waals surface area contributed by atoms with Crippen LogP contribution >= 0.6 is 11.6 Å². The van der Waals surface area contributed by atoms with Crippen molar-refractivity contribution in [2.24, 2.45) is 0 Å². The number of benzene rings is 1. The van der Waals surface area contributed by atoms with Gasteiger partial charge in [0, 0.05) is 22.6 Å². The van der Waals surface area contributed by atoms with Crippen LogP contribution < -0.4 is 10.8 Å². The lowest BCUT2D eigenvalue weighted by Gasteiger charge is -2.38. The van der Waals surface area contributed by atoms with Gasteiger partial charge in [-0.2, -0.15) is 0 Å². The van der Waals surface area contributed by atoms with Crippen LogP contribution in [0.3, 0.4) is 0 Å². The second kappa shape index (κ2) is 7.12. The molecule has 0 unspecified atom stereocenters. The van der Waals surface area contributed by atoms with Crippen LogP contribution in [0, 0.1) is 0 Å². The summed E-state index contributed by atoms with van der Waals surface area (Å²) in [6.45, 7) is 13.7. The summed E-state index contributed by atoms with van der Waals surface area (Å²) in [6.07, 6.45) is 0. The molecule has 6 heteroatoms. The molecule has 1 rings (SSSR count). The zero-order chi connectivity index (χ0) is 18.1. The minimum Gasteiger partial charge on any atom is -0.423 e. The van der Waals surface area contributed by atoms with Gasteiger partial charge in [-0.1, -0.05) is 23.7 Å². The van der Waals surface area contributed by atoms with Crippen LogP contribution in [0.15, 0.2) is 18.2 Å². The summed E-state index contributed by atoms with van der Waals surface area (Å²) < 4.78 is 5.67. The SMILES string of the molecule is CC(C)(C)NCc1ccc(Cl)c(B(O)OC(C)(C)C(C)(C)O)c1. The Morgan fingerprint density at radius 1 is 1.13 bits per heavy atom. The third-order valence-electron chi connectivity index (χ3n) is 4.03. The second-order valence-corrected chi connectivity index (χ2v) is 8.41. The van der Waals surface area contributed by atoms with E-state index in [9.17, 15) is 10.1 Å². The summed E-state index contributed by atoms with van der Waals surface area (Å²) >= 11 is 6.20. The summed E-state index contributed by atoms with van der Waals surface area (Å²) in [5, 5.41) is 24.4. The highest BCUT2D eigenvalue weighted by Gasteiger charge is 2.40. The third-order valence-corrected chi connectivity index (χ3v) is 4.37. The Bertz CT molecular complexity index is 536. The average molecular weight is 342 g/mol. The van der Waals surface area contributed by atoms with Gasteiger partial charge in [-0.25, -0.2) is 0 Å². The number of hydrogen-bond acceptors (Lipinski definition) is 4. The molecule has 1 aromatic rings. The monoisotopic (exact) mass is 341 g/mol. The fourth-order valence-corrected chi connectivity index (χ4v) is 1.96. The second-order valence-electron chi connectivity index (χ2n) is 8.00. The van der Waals surface area contributed by atoms with Crippen molar-refractivity contribution in [3.63, 3.8) is 0 Å². The summed E-state index contributed by atoms with van der Waals surface area (Å²) in [7, 11) is -1.21. The molecule has 0 aromatic heterocycles. The average Bonchev–Trinajstić information content (AvgIpc) is 2.34. The lowest BCUT2D eigenvalue weighted by Crippen LogP contribution is -2.53. The maximum absolute atomic E-state index is 10.4. The predicted octanol–water partition coefficient (Wildman–Crippen LogP) is 2.48. The predicted molar refractivity (Wildman–Crippen MR) is 97.1 cm³/mol. The Hall–Kier alpha value is -0.585. The zero-order valence-electron chi connectivity index (χ0n) is 15.2. The lowest BCUT2D eigenvalue weighted by atomic mass is 9.76. The first-order valence-electron chi connectivity index (χ1n) is 7.84. The number of halogens is 1. The molecule has 0 aliphatic rings. The number of rotatable bonds is 6. The van der Waals surface area contributed by atoms with Crippen molar-refractivity contribution in [3.8, 4) is 0 Å². The van der Waals surface area contributed by atoms with E-state index in [1.807, 2.05) is 12.1 Å². The van der Waals surface area contributed by atoms with Crippen LogP contribution in [0.25, 0.3) is 0 Å². The zero-order valence-corrected chi connectivity index (χ0v) is 16.0. The molecule has 0 saturated carbocycles. The molecular formula is C17H29BClNO3. The van der Waals surface area contributed by atoms with Gasteiger partial charge in [0.1, 0.15) is 0 Å². The standard InChI is InChI=1S/C17H29BClNO3/c1-15(2,3)20-11-12-8-9-14(19)13(10-12)18(22)23-17(6,7)16(4,5)21/h8-10,20-22H,11H2,1-7H3. The van der Waals surface area contributed by atoms with E-state index < -0.39 is 18.3 Å². The molecule has 1 aromatic carbocycles. The molecule has 23 heavy (non-hydrogen) atoms. The van der Waals surface area contributed by atoms with Gasteiger partial charge in [0.2, 0.25) is 0 Å². The van der Waals surface area contributed by atoms with E-state index in [-0.39, 0.29) is 5.54 Å². The van der Waals surface area contributed by atoms with Gasteiger partial charge in [0.15, 0.2) is 0 Å². The first-order valence-corrected chi connectivity index (χ1v) is 8.22. The molecule has 0 saturated heterocycles. The van der Waals surface area contributed by atoms with Gasteiger partial charge in [-0.3, -0.25) is 0 Å². The summed E-state index contributed by atoms with van der Waals surface area (Å²) in [4.78, 5) is 0. The van der Waals surface area contributed by atoms with E-state index in [2.05, 4.69) is 26.1 Å².